The summed E-state index contributed by atoms with van der Waals surface area (Å²) in [5.41, 5.74) is 9.34. The fraction of sp³-hybridized carbons (Fsp3) is 0.250. The van der Waals surface area contributed by atoms with Crippen molar-refractivity contribution in [3.8, 4) is 0 Å². The van der Waals surface area contributed by atoms with Crippen LogP contribution in [0.2, 0.25) is 0 Å². The van der Waals surface area contributed by atoms with Crippen LogP contribution in [0.1, 0.15) is 18.1 Å². The van der Waals surface area contributed by atoms with Gasteiger partial charge in [0.2, 0.25) is 0 Å². The Morgan fingerprint density at radius 2 is 1.84 bits per heavy atom. The smallest absolute Gasteiger partial charge is 0.0440 e. The molecule has 0 aliphatic carbocycles. The zero-order valence-electron chi connectivity index (χ0n) is 11.1. The fourth-order valence-electron chi connectivity index (χ4n) is 2.08. The second-order valence-corrected chi connectivity index (χ2v) is 5.33. The average molecular weight is 319 g/mol. The van der Waals surface area contributed by atoms with Gasteiger partial charge in [0, 0.05) is 29.8 Å². The average Bonchev–Trinajstić information content (AvgIpc) is 2.47. The predicted octanol–water partition coefficient (Wildman–Crippen LogP) is 3.93. The molecule has 19 heavy (non-hydrogen) atoms. The lowest BCUT2D eigenvalue weighted by Crippen LogP contribution is -2.22. The molecule has 3 heteroatoms. The summed E-state index contributed by atoms with van der Waals surface area (Å²) >= 11 is 3.64. The molecule has 100 valence electrons. The summed E-state index contributed by atoms with van der Waals surface area (Å²) in [6.07, 6.45) is 0. The van der Waals surface area contributed by atoms with E-state index < -0.39 is 0 Å². The van der Waals surface area contributed by atoms with Crippen molar-refractivity contribution in [3.05, 3.63) is 64.1 Å². The molecule has 2 rings (SSSR count). The third-order valence-electron chi connectivity index (χ3n) is 3.22. The lowest BCUT2D eigenvalue weighted by Gasteiger charge is -2.24. The van der Waals surface area contributed by atoms with E-state index in [-0.39, 0.29) is 0 Å². The van der Waals surface area contributed by atoms with Gasteiger partial charge < -0.3 is 10.6 Å². The van der Waals surface area contributed by atoms with Crippen LogP contribution in [0.15, 0.2) is 53.0 Å². The third-order valence-corrected chi connectivity index (χ3v) is 3.96. The molecule has 0 saturated heterocycles. The first-order chi connectivity index (χ1) is 9.24. The lowest BCUT2D eigenvalue weighted by atomic mass is 10.1. The summed E-state index contributed by atoms with van der Waals surface area (Å²) in [6.45, 7) is 4.63. The lowest BCUT2D eigenvalue weighted by molar-refractivity contribution is 0.828. The van der Waals surface area contributed by atoms with Gasteiger partial charge in [0.05, 0.1) is 0 Å². The van der Waals surface area contributed by atoms with Gasteiger partial charge in [-0.3, -0.25) is 0 Å². The van der Waals surface area contributed by atoms with Gasteiger partial charge in [0.25, 0.3) is 0 Å². The van der Waals surface area contributed by atoms with Gasteiger partial charge in [0.15, 0.2) is 0 Å². The Labute approximate surface area is 123 Å². The summed E-state index contributed by atoms with van der Waals surface area (Å²) in [7, 11) is 0. The molecule has 0 spiro atoms. The minimum atomic E-state index is 0.578. The maximum Gasteiger partial charge on any atom is 0.0440 e. The molecule has 0 amide bonds. The molecule has 2 aromatic rings. The largest absolute Gasteiger partial charge is 0.367 e. The minimum Gasteiger partial charge on any atom is -0.367 e. The standard InChI is InChI=1S/C16H19BrN2/c1-2-19(15-6-4-3-5-7-15)12-14-9-8-13(11-18)10-16(14)17/h3-10H,2,11-12,18H2,1H3. The van der Waals surface area contributed by atoms with Crippen LogP contribution in [0.4, 0.5) is 5.69 Å². The molecule has 0 fully saturated rings. The van der Waals surface area contributed by atoms with Crippen molar-refractivity contribution in [2.24, 2.45) is 5.73 Å². The van der Waals surface area contributed by atoms with E-state index in [9.17, 15) is 0 Å². The molecule has 0 radical (unpaired) electrons. The van der Waals surface area contributed by atoms with Gasteiger partial charge in [-0.25, -0.2) is 0 Å². The molecule has 0 saturated carbocycles. The van der Waals surface area contributed by atoms with E-state index in [2.05, 4.69) is 70.2 Å². The zero-order chi connectivity index (χ0) is 13.7. The number of nitrogens with zero attached hydrogens (tertiary/aromatic N) is 1. The highest BCUT2D eigenvalue weighted by atomic mass is 79.9. The number of benzene rings is 2. The second kappa shape index (κ2) is 6.73. The van der Waals surface area contributed by atoms with Crippen LogP contribution >= 0.6 is 15.9 Å². The second-order valence-electron chi connectivity index (χ2n) is 4.48. The van der Waals surface area contributed by atoms with E-state index in [1.54, 1.807) is 0 Å². The summed E-state index contributed by atoms with van der Waals surface area (Å²) < 4.78 is 1.13. The van der Waals surface area contributed by atoms with Gasteiger partial charge in [-0.15, -0.1) is 0 Å². The van der Waals surface area contributed by atoms with Crippen molar-refractivity contribution in [3.63, 3.8) is 0 Å². The molecule has 0 aromatic heterocycles. The number of para-hydroxylation sites is 1. The molecule has 0 bridgehead atoms. The van der Waals surface area contributed by atoms with E-state index in [1.165, 1.54) is 11.3 Å². The maximum absolute atomic E-state index is 5.66. The van der Waals surface area contributed by atoms with Crippen LogP contribution in [0.5, 0.6) is 0 Å². The number of nitrogens with two attached hydrogens (primary N) is 1. The van der Waals surface area contributed by atoms with E-state index in [1.807, 2.05) is 6.07 Å². The number of hydrogen-bond donors (Lipinski definition) is 1. The third kappa shape index (κ3) is 3.58. The Balaban J connectivity index is 2.19. The molecule has 0 heterocycles. The van der Waals surface area contributed by atoms with Crippen molar-refractivity contribution in [1.82, 2.24) is 0 Å². The van der Waals surface area contributed by atoms with Gasteiger partial charge >= 0.3 is 0 Å². The van der Waals surface area contributed by atoms with Crippen LogP contribution < -0.4 is 10.6 Å². The summed E-state index contributed by atoms with van der Waals surface area (Å²) in [6, 6.07) is 16.8. The molecule has 0 atom stereocenters. The molecule has 2 N–H and O–H groups in total. The summed E-state index contributed by atoms with van der Waals surface area (Å²) in [5, 5.41) is 0. The highest BCUT2D eigenvalue weighted by Crippen LogP contribution is 2.23. The van der Waals surface area contributed by atoms with Crippen molar-refractivity contribution in [2.75, 3.05) is 11.4 Å². The first-order valence-electron chi connectivity index (χ1n) is 6.52. The Kier molecular flexibility index (Phi) is 5.00. The molecule has 0 unspecified atom stereocenters. The Morgan fingerprint density at radius 1 is 1.11 bits per heavy atom. The molecule has 2 aromatic carbocycles. The fourth-order valence-corrected chi connectivity index (χ4v) is 2.63. The number of rotatable bonds is 5. The van der Waals surface area contributed by atoms with Crippen molar-refractivity contribution in [1.29, 1.82) is 0 Å². The molecule has 0 aliphatic rings. The Bertz CT molecular complexity index is 526. The van der Waals surface area contributed by atoms with Crippen molar-refractivity contribution < 1.29 is 0 Å². The van der Waals surface area contributed by atoms with Gasteiger partial charge in [0.1, 0.15) is 0 Å². The summed E-state index contributed by atoms with van der Waals surface area (Å²) in [4.78, 5) is 2.35. The Morgan fingerprint density at radius 3 is 2.42 bits per heavy atom. The molecular weight excluding hydrogens is 300 g/mol. The predicted molar refractivity (Wildman–Crippen MR) is 85.2 cm³/mol. The first kappa shape index (κ1) is 14.1. The van der Waals surface area contributed by atoms with Crippen LogP contribution in [0.25, 0.3) is 0 Å². The Hall–Kier alpha value is -1.32. The highest BCUT2D eigenvalue weighted by molar-refractivity contribution is 9.10. The zero-order valence-corrected chi connectivity index (χ0v) is 12.7. The topological polar surface area (TPSA) is 29.3 Å². The van der Waals surface area contributed by atoms with E-state index in [4.69, 9.17) is 5.73 Å². The number of anilines is 1. The van der Waals surface area contributed by atoms with Crippen molar-refractivity contribution >= 4 is 21.6 Å². The first-order valence-corrected chi connectivity index (χ1v) is 7.31. The highest BCUT2D eigenvalue weighted by Gasteiger charge is 2.07. The van der Waals surface area contributed by atoms with Gasteiger partial charge in [-0.2, -0.15) is 0 Å². The van der Waals surface area contributed by atoms with Crippen LogP contribution in [-0.2, 0) is 13.1 Å². The van der Waals surface area contributed by atoms with E-state index in [0.29, 0.717) is 6.54 Å². The number of hydrogen-bond acceptors (Lipinski definition) is 2. The van der Waals surface area contributed by atoms with Gasteiger partial charge in [-0.05, 0) is 36.2 Å². The molecular formula is C16H19BrN2. The van der Waals surface area contributed by atoms with Crippen LogP contribution in [-0.4, -0.2) is 6.54 Å². The minimum absolute atomic E-state index is 0.578. The number of halogens is 1. The quantitative estimate of drug-likeness (QED) is 0.904. The molecule has 0 aliphatic heterocycles. The van der Waals surface area contributed by atoms with Crippen LogP contribution in [0.3, 0.4) is 0 Å². The SMILES string of the molecule is CCN(Cc1ccc(CN)cc1Br)c1ccccc1. The molecule has 2 nitrogen and oxygen atoms in total. The van der Waals surface area contributed by atoms with Crippen LogP contribution in [0, 0.1) is 0 Å². The normalized spacial score (nSPS) is 10.5. The van der Waals surface area contributed by atoms with Crippen molar-refractivity contribution in [2.45, 2.75) is 20.0 Å². The van der Waals surface area contributed by atoms with Gasteiger partial charge in [-0.1, -0.05) is 46.3 Å². The van der Waals surface area contributed by atoms with E-state index >= 15 is 0 Å². The summed E-state index contributed by atoms with van der Waals surface area (Å²) in [5.74, 6) is 0. The maximum atomic E-state index is 5.66. The van der Waals surface area contributed by atoms with E-state index in [0.717, 1.165) is 23.1 Å². The monoisotopic (exact) mass is 318 g/mol.